The predicted molar refractivity (Wildman–Crippen MR) is 296 cm³/mol. The lowest BCUT2D eigenvalue weighted by atomic mass is 9.85. The number of amides is 4. The number of nitrogens with zero attached hydrogens (tertiary/aromatic N) is 5. The van der Waals surface area contributed by atoms with Crippen molar-refractivity contribution in [2.24, 2.45) is 5.41 Å². The highest BCUT2D eigenvalue weighted by atomic mass is 32.1. The number of ether oxygens (including phenoxy) is 1. The van der Waals surface area contributed by atoms with E-state index in [-0.39, 0.29) is 55.5 Å². The van der Waals surface area contributed by atoms with Crippen LogP contribution in [0.4, 0.5) is 10.9 Å². The van der Waals surface area contributed by atoms with E-state index < -0.39 is 35.5 Å². The molecule has 2 aliphatic heterocycles. The van der Waals surface area contributed by atoms with Crippen LogP contribution in [0.5, 0.6) is 5.75 Å². The van der Waals surface area contributed by atoms with E-state index in [1.807, 2.05) is 131 Å². The third-order valence-corrected chi connectivity index (χ3v) is 16.1. The van der Waals surface area contributed by atoms with Crippen molar-refractivity contribution in [3.05, 3.63) is 142 Å². The number of hydrogen-bond donors (Lipinski definition) is 5. The number of fused-ring (bicyclic) bond motifs is 2. The van der Waals surface area contributed by atoms with Gasteiger partial charge in [-0.2, -0.15) is 0 Å². The molecule has 2 aliphatic rings. The summed E-state index contributed by atoms with van der Waals surface area (Å²) in [4.78, 5) is 86.1. The molecule has 0 saturated carbocycles. The van der Waals surface area contributed by atoms with Crippen molar-refractivity contribution >= 4 is 73.4 Å². The number of rotatable bonds is 17. The number of aromatic nitrogens is 3. The topological polar surface area (TPSA) is 216 Å². The second-order valence-corrected chi connectivity index (χ2v) is 22.4. The monoisotopic (exact) mass is 1060 g/mol. The summed E-state index contributed by atoms with van der Waals surface area (Å²) in [5.74, 6) is -1.54. The first-order valence-electron chi connectivity index (χ1n) is 25.5. The van der Waals surface area contributed by atoms with Gasteiger partial charge in [0, 0.05) is 43.6 Å². The number of carboxylic acids is 1. The molecule has 76 heavy (non-hydrogen) atoms. The summed E-state index contributed by atoms with van der Waals surface area (Å²) in [5.41, 5.74) is 8.92. The van der Waals surface area contributed by atoms with E-state index in [0.29, 0.717) is 65.7 Å². The molecule has 394 valence electrons. The third kappa shape index (κ3) is 11.8. The largest absolute Gasteiger partial charge is 0.493 e. The Kier molecular flexibility index (Phi) is 15.9. The number of pyridine rings is 1. The highest BCUT2D eigenvalue weighted by Crippen LogP contribution is 2.36. The summed E-state index contributed by atoms with van der Waals surface area (Å²) in [5, 5.41) is 30.7. The molecule has 1 fully saturated rings. The van der Waals surface area contributed by atoms with E-state index in [2.05, 4.69) is 30.9 Å². The van der Waals surface area contributed by atoms with E-state index in [9.17, 15) is 34.2 Å². The van der Waals surface area contributed by atoms with Gasteiger partial charge >= 0.3 is 5.97 Å². The fraction of sp³-hybridized carbons (Fsp3) is 0.345. The van der Waals surface area contributed by atoms with E-state index in [1.165, 1.54) is 16.2 Å². The van der Waals surface area contributed by atoms with Gasteiger partial charge in [0.15, 0.2) is 10.8 Å². The zero-order chi connectivity index (χ0) is 53.8. The number of aromatic carboxylic acids is 1. The Morgan fingerprint density at radius 1 is 0.882 bits per heavy atom. The summed E-state index contributed by atoms with van der Waals surface area (Å²) in [6, 6.07) is 28.1. The van der Waals surface area contributed by atoms with Crippen LogP contribution in [-0.2, 0) is 27.3 Å². The van der Waals surface area contributed by atoms with Gasteiger partial charge in [-0.15, -0.1) is 11.3 Å². The Balaban J connectivity index is 0.786. The minimum atomic E-state index is -1.18. The summed E-state index contributed by atoms with van der Waals surface area (Å²) >= 11 is 2.98. The van der Waals surface area contributed by atoms with Gasteiger partial charge in [-0.1, -0.05) is 92.8 Å². The number of nitrogens with one attached hydrogen (secondary N) is 3. The number of aryl methyl sites for hydroxylation is 1. The maximum absolute atomic E-state index is 14.2. The fourth-order valence-electron chi connectivity index (χ4n) is 9.97. The predicted octanol–water partition coefficient (Wildman–Crippen LogP) is 9.53. The van der Waals surface area contributed by atoms with Crippen molar-refractivity contribution in [1.29, 1.82) is 0 Å². The third-order valence-electron chi connectivity index (χ3n) is 14.1. The van der Waals surface area contributed by atoms with Crippen molar-refractivity contribution < 1.29 is 38.9 Å². The molecular weight excluding hydrogens is 1000 g/mol. The van der Waals surface area contributed by atoms with Crippen LogP contribution in [-0.4, -0.2) is 97.5 Å². The molecule has 9 rings (SSSR count). The van der Waals surface area contributed by atoms with Gasteiger partial charge < -0.3 is 35.4 Å². The molecule has 16 nitrogen and oxygen atoms in total. The first kappa shape index (κ1) is 53.3. The Labute approximate surface area is 449 Å². The van der Waals surface area contributed by atoms with Crippen molar-refractivity contribution in [2.75, 3.05) is 29.9 Å². The second-order valence-electron chi connectivity index (χ2n) is 20.5. The quantitative estimate of drug-likeness (QED) is 0.0539. The second kappa shape index (κ2) is 22.7. The van der Waals surface area contributed by atoms with Crippen LogP contribution >= 0.6 is 22.7 Å². The van der Waals surface area contributed by atoms with E-state index in [4.69, 9.17) is 4.74 Å². The number of benzene rings is 4. The Bertz CT molecular complexity index is 3280. The van der Waals surface area contributed by atoms with Crippen molar-refractivity contribution in [2.45, 2.75) is 104 Å². The SMILES string of the molecule is Cc1ncsc1-c1ccc(C(C)NC(=O)[C@@H]2C[C@@H](O)CN2C(=O)C(NC(=O)CCCCOc2cccc(-c3ccc(N4CCc5cccc(C(=O)Nc6nc7ccccc7s6)c5C4)nc3C(=O)O)c2C)C(C)(C)C)cc1. The average molecular weight is 1060 g/mol. The zero-order valence-electron chi connectivity index (χ0n) is 43.4. The van der Waals surface area contributed by atoms with Gasteiger partial charge in [0.25, 0.3) is 5.91 Å². The number of β-amino-alcohol motifs (C(OH)–C–C–N with tert-alkyl or cyclic N) is 1. The molecular formula is C58H62N8O8S2. The maximum Gasteiger partial charge on any atom is 0.355 e. The van der Waals surface area contributed by atoms with E-state index in [0.717, 1.165) is 48.6 Å². The number of hydrogen-bond acceptors (Lipinski definition) is 13. The van der Waals surface area contributed by atoms with Gasteiger partial charge in [0.1, 0.15) is 23.7 Å². The van der Waals surface area contributed by atoms with Crippen LogP contribution in [0.2, 0.25) is 0 Å². The molecule has 0 radical (unpaired) electrons. The van der Waals surface area contributed by atoms with Crippen LogP contribution in [0.3, 0.4) is 0 Å². The number of carboxylic acid groups (broad SMARTS) is 1. The lowest BCUT2D eigenvalue weighted by Crippen LogP contribution is -2.57. The highest BCUT2D eigenvalue weighted by molar-refractivity contribution is 7.22. The lowest BCUT2D eigenvalue weighted by molar-refractivity contribution is -0.144. The smallest absolute Gasteiger partial charge is 0.355 e. The van der Waals surface area contributed by atoms with Gasteiger partial charge in [-0.05, 0) is 115 Å². The zero-order valence-corrected chi connectivity index (χ0v) is 45.0. The highest BCUT2D eigenvalue weighted by Gasteiger charge is 2.45. The van der Waals surface area contributed by atoms with Gasteiger partial charge in [-0.25, -0.2) is 19.7 Å². The molecule has 5 N–H and O–H groups in total. The number of carbonyl (C=O) groups excluding carboxylic acids is 4. The molecule has 2 unspecified atom stereocenters. The Morgan fingerprint density at radius 2 is 1.66 bits per heavy atom. The number of thiazole rings is 2. The summed E-state index contributed by atoms with van der Waals surface area (Å²) in [6.07, 6.45) is 0.915. The molecule has 18 heteroatoms. The molecule has 0 bridgehead atoms. The lowest BCUT2D eigenvalue weighted by Gasteiger charge is -2.35. The van der Waals surface area contributed by atoms with Crippen molar-refractivity contribution in [1.82, 2.24) is 30.5 Å². The van der Waals surface area contributed by atoms with Crippen LogP contribution in [0.25, 0.3) is 31.8 Å². The average Bonchev–Trinajstić information content (AvgIpc) is 4.15. The summed E-state index contributed by atoms with van der Waals surface area (Å²) < 4.78 is 7.19. The maximum atomic E-state index is 14.2. The minimum Gasteiger partial charge on any atom is -0.493 e. The minimum absolute atomic E-state index is 0.0286. The molecule has 4 atom stereocenters. The summed E-state index contributed by atoms with van der Waals surface area (Å²) in [6.45, 7) is 12.4. The van der Waals surface area contributed by atoms with Gasteiger partial charge in [-0.3, -0.25) is 24.5 Å². The Morgan fingerprint density at radius 3 is 2.39 bits per heavy atom. The number of likely N-dealkylation sites (tertiary alicyclic amines) is 1. The number of carbonyl (C=O) groups is 5. The fourth-order valence-corrected chi connectivity index (χ4v) is 11.6. The molecule has 0 spiro atoms. The van der Waals surface area contributed by atoms with Gasteiger partial charge in [0.05, 0.1) is 45.1 Å². The molecule has 1 saturated heterocycles. The van der Waals surface area contributed by atoms with Crippen LogP contribution < -0.4 is 25.6 Å². The number of aliphatic hydroxyl groups excluding tert-OH is 1. The number of unbranched alkanes of at least 4 members (excludes halogenated alkanes) is 1. The van der Waals surface area contributed by atoms with Crippen molar-refractivity contribution in [3.8, 4) is 27.3 Å². The first-order valence-corrected chi connectivity index (χ1v) is 27.2. The molecule has 0 aliphatic carbocycles. The summed E-state index contributed by atoms with van der Waals surface area (Å²) in [7, 11) is 0. The van der Waals surface area contributed by atoms with E-state index >= 15 is 0 Å². The van der Waals surface area contributed by atoms with Gasteiger partial charge in [0.2, 0.25) is 17.7 Å². The standard InChI is InChI=1S/C58H62N8O8S2/c1-33-40(41-24-25-48(62-50(41)56(72)73)65-27-26-37-13-11-15-42(43(37)31-65)53(69)64-57-61-44-16-7-8-18-47(44)76-57)14-12-17-46(33)74-28-10-9-19-49(68)63-52(58(4,5)6)55(71)66-30-39(67)29-45(66)54(70)60-34(2)36-20-22-38(23-21-36)51-35(3)59-32-75-51/h7-8,11-18,20-25,32,34,39,45,52,67H,9-10,19,26-31H2,1-6H3,(H,60,70)(H,63,68)(H,72,73)(H,61,64,69)/t34?,39-,45+,52?/m1/s1. The normalized spacial score (nSPS) is 16.2. The van der Waals surface area contributed by atoms with Crippen LogP contribution in [0, 0.1) is 19.3 Å². The molecule has 3 aromatic heterocycles. The molecule has 7 aromatic rings. The molecule has 4 aromatic carbocycles. The van der Waals surface area contributed by atoms with Crippen molar-refractivity contribution in [3.63, 3.8) is 0 Å². The first-order chi connectivity index (χ1) is 36.4. The number of aliphatic hydroxyl groups is 1. The molecule has 5 heterocycles. The number of anilines is 2. The van der Waals surface area contributed by atoms with E-state index in [1.54, 1.807) is 29.5 Å². The number of para-hydroxylation sites is 1. The van der Waals surface area contributed by atoms with Crippen LogP contribution in [0.15, 0.2) is 103 Å². The molecule has 4 amide bonds. The Hall–Kier alpha value is -7.54. The van der Waals surface area contributed by atoms with Crippen LogP contribution in [0.1, 0.15) is 108 Å².